The average Bonchev–Trinajstić information content (AvgIpc) is 2.95. The van der Waals surface area contributed by atoms with Crippen LogP contribution in [0.4, 0.5) is 5.69 Å². The molecular weight excluding hydrogens is 374 g/mol. The second-order valence-electron chi connectivity index (χ2n) is 7.45. The fourth-order valence-corrected chi connectivity index (χ4v) is 3.73. The maximum atomic E-state index is 6.45. The van der Waals surface area contributed by atoms with Crippen LogP contribution in [0.2, 0.25) is 0 Å². The first-order valence-electron chi connectivity index (χ1n) is 8.36. The van der Waals surface area contributed by atoms with Crippen molar-refractivity contribution >= 4 is 43.6 Å². The van der Waals surface area contributed by atoms with Crippen molar-refractivity contribution < 1.29 is 4.42 Å². The number of hydrogen-bond acceptors (Lipinski definition) is 2. The van der Waals surface area contributed by atoms with Crippen LogP contribution in [-0.4, -0.2) is 0 Å². The van der Waals surface area contributed by atoms with E-state index in [1.54, 1.807) is 0 Å². The molecule has 0 radical (unpaired) electrons. The van der Waals surface area contributed by atoms with Gasteiger partial charge < -0.3 is 10.2 Å². The van der Waals surface area contributed by atoms with Gasteiger partial charge in [-0.1, -0.05) is 51.1 Å². The zero-order valence-electron chi connectivity index (χ0n) is 14.6. The highest BCUT2D eigenvalue weighted by Gasteiger charge is 2.20. The predicted octanol–water partition coefficient (Wildman–Crippen LogP) is 6.90. The van der Waals surface area contributed by atoms with E-state index in [0.29, 0.717) is 0 Å². The van der Waals surface area contributed by atoms with Crippen molar-refractivity contribution in [3.05, 3.63) is 64.6 Å². The van der Waals surface area contributed by atoms with Gasteiger partial charge in [0, 0.05) is 20.8 Å². The van der Waals surface area contributed by atoms with Gasteiger partial charge in [-0.05, 0) is 56.7 Å². The molecule has 2 nitrogen and oxygen atoms in total. The van der Waals surface area contributed by atoms with Crippen molar-refractivity contribution in [3.63, 3.8) is 0 Å². The first-order chi connectivity index (χ1) is 11.9. The summed E-state index contributed by atoms with van der Waals surface area (Å²) in [6.45, 7) is 6.63. The lowest BCUT2D eigenvalue weighted by Crippen LogP contribution is -2.12. The van der Waals surface area contributed by atoms with E-state index in [1.807, 2.05) is 30.3 Å². The van der Waals surface area contributed by atoms with E-state index in [2.05, 4.69) is 61.0 Å². The molecule has 3 heteroatoms. The summed E-state index contributed by atoms with van der Waals surface area (Å²) in [6, 6.07) is 18.6. The maximum absolute atomic E-state index is 6.45. The van der Waals surface area contributed by atoms with Gasteiger partial charge in [-0.15, -0.1) is 0 Å². The van der Waals surface area contributed by atoms with Crippen molar-refractivity contribution in [1.29, 1.82) is 0 Å². The Kier molecular flexibility index (Phi) is 3.66. The number of rotatable bonds is 1. The van der Waals surface area contributed by atoms with Crippen molar-refractivity contribution in [2.45, 2.75) is 26.2 Å². The normalized spacial score (nSPS) is 12.2. The second kappa shape index (κ2) is 5.63. The van der Waals surface area contributed by atoms with E-state index in [9.17, 15) is 0 Å². The Morgan fingerprint density at radius 1 is 0.880 bits per heavy atom. The third-order valence-electron chi connectivity index (χ3n) is 4.69. The lowest BCUT2D eigenvalue weighted by Gasteiger charge is -2.22. The SMILES string of the molecule is CC(C)(C)c1cc(Br)c(N)c(-c2cccc3oc4ccccc4c23)c1. The maximum Gasteiger partial charge on any atom is 0.136 e. The van der Waals surface area contributed by atoms with E-state index in [-0.39, 0.29) is 5.41 Å². The number of nitrogens with two attached hydrogens (primary N) is 1. The van der Waals surface area contributed by atoms with Crippen LogP contribution in [-0.2, 0) is 5.41 Å². The zero-order valence-corrected chi connectivity index (χ0v) is 16.1. The van der Waals surface area contributed by atoms with Crippen LogP contribution in [0.15, 0.2) is 63.5 Å². The highest BCUT2D eigenvalue weighted by atomic mass is 79.9. The molecule has 0 fully saturated rings. The molecule has 2 N–H and O–H groups in total. The Bertz CT molecular complexity index is 1100. The Balaban J connectivity index is 2.10. The van der Waals surface area contributed by atoms with Crippen molar-refractivity contribution in [2.75, 3.05) is 5.73 Å². The van der Waals surface area contributed by atoms with Crippen LogP contribution in [0, 0.1) is 0 Å². The van der Waals surface area contributed by atoms with Crippen molar-refractivity contribution in [3.8, 4) is 11.1 Å². The Hall–Kier alpha value is -2.26. The topological polar surface area (TPSA) is 39.2 Å². The Morgan fingerprint density at radius 3 is 2.36 bits per heavy atom. The van der Waals surface area contributed by atoms with Gasteiger partial charge in [-0.2, -0.15) is 0 Å². The predicted molar refractivity (Wildman–Crippen MR) is 110 cm³/mol. The highest BCUT2D eigenvalue weighted by molar-refractivity contribution is 9.10. The summed E-state index contributed by atoms with van der Waals surface area (Å²) in [7, 11) is 0. The molecule has 0 unspecified atom stereocenters. The van der Waals surface area contributed by atoms with Crippen LogP contribution in [0.3, 0.4) is 0 Å². The van der Waals surface area contributed by atoms with Crippen LogP contribution in [0.1, 0.15) is 26.3 Å². The molecule has 0 aliphatic heterocycles. The van der Waals surface area contributed by atoms with Gasteiger partial charge >= 0.3 is 0 Å². The number of fused-ring (bicyclic) bond motifs is 3. The smallest absolute Gasteiger partial charge is 0.136 e. The van der Waals surface area contributed by atoms with Gasteiger partial charge in [0.15, 0.2) is 0 Å². The zero-order chi connectivity index (χ0) is 17.8. The van der Waals surface area contributed by atoms with E-state index in [4.69, 9.17) is 10.2 Å². The molecule has 0 aliphatic carbocycles. The van der Waals surface area contributed by atoms with Crippen LogP contribution < -0.4 is 5.73 Å². The van der Waals surface area contributed by atoms with Gasteiger partial charge in [0.1, 0.15) is 11.2 Å². The minimum Gasteiger partial charge on any atom is -0.456 e. The number of anilines is 1. The molecule has 4 rings (SSSR count). The molecule has 0 atom stereocenters. The van der Waals surface area contributed by atoms with E-state index >= 15 is 0 Å². The Morgan fingerprint density at radius 2 is 1.60 bits per heavy atom. The fourth-order valence-electron chi connectivity index (χ4n) is 3.27. The minimum atomic E-state index is 0.0390. The molecular formula is C22H20BrNO. The first-order valence-corrected chi connectivity index (χ1v) is 9.15. The summed E-state index contributed by atoms with van der Waals surface area (Å²) >= 11 is 3.64. The fraction of sp³-hybridized carbons (Fsp3) is 0.182. The molecule has 1 heterocycles. The lowest BCUT2D eigenvalue weighted by molar-refractivity contribution is 0.590. The molecule has 0 saturated heterocycles. The van der Waals surface area contributed by atoms with Crippen molar-refractivity contribution in [2.24, 2.45) is 0 Å². The third kappa shape index (κ3) is 2.63. The quantitative estimate of drug-likeness (QED) is 0.357. The molecule has 3 aromatic carbocycles. The molecule has 0 spiro atoms. The number of hydrogen-bond donors (Lipinski definition) is 1. The van der Waals surface area contributed by atoms with Gasteiger partial charge in [-0.3, -0.25) is 0 Å². The Labute approximate surface area is 155 Å². The van der Waals surface area contributed by atoms with Gasteiger partial charge in [0.05, 0.1) is 5.69 Å². The summed E-state index contributed by atoms with van der Waals surface area (Å²) in [4.78, 5) is 0. The highest BCUT2D eigenvalue weighted by Crippen LogP contribution is 2.42. The number of furan rings is 1. The number of para-hydroxylation sites is 1. The van der Waals surface area contributed by atoms with Gasteiger partial charge in [0.2, 0.25) is 0 Å². The number of nitrogen functional groups attached to an aromatic ring is 1. The average molecular weight is 394 g/mol. The van der Waals surface area contributed by atoms with E-state index in [1.165, 1.54) is 5.56 Å². The molecule has 25 heavy (non-hydrogen) atoms. The monoisotopic (exact) mass is 393 g/mol. The summed E-state index contributed by atoms with van der Waals surface area (Å²) < 4.78 is 6.96. The lowest BCUT2D eigenvalue weighted by atomic mass is 9.84. The largest absolute Gasteiger partial charge is 0.456 e. The van der Waals surface area contributed by atoms with Gasteiger partial charge in [-0.25, -0.2) is 0 Å². The van der Waals surface area contributed by atoms with Crippen LogP contribution >= 0.6 is 15.9 Å². The molecule has 0 bridgehead atoms. The summed E-state index contributed by atoms with van der Waals surface area (Å²) in [5.74, 6) is 0. The number of benzene rings is 3. The molecule has 126 valence electrons. The molecule has 0 saturated carbocycles. The molecule has 0 amide bonds. The van der Waals surface area contributed by atoms with Crippen LogP contribution in [0.25, 0.3) is 33.1 Å². The molecule has 4 aromatic rings. The first kappa shape index (κ1) is 16.2. The molecule has 1 aromatic heterocycles. The summed E-state index contributed by atoms with van der Waals surface area (Å²) in [5, 5.41) is 2.23. The summed E-state index contributed by atoms with van der Waals surface area (Å²) in [5.41, 5.74) is 12.4. The van der Waals surface area contributed by atoms with Crippen LogP contribution in [0.5, 0.6) is 0 Å². The number of halogens is 1. The third-order valence-corrected chi connectivity index (χ3v) is 5.34. The molecule has 0 aliphatic rings. The minimum absolute atomic E-state index is 0.0390. The van der Waals surface area contributed by atoms with E-state index in [0.717, 1.165) is 43.2 Å². The van der Waals surface area contributed by atoms with E-state index < -0.39 is 0 Å². The standard InChI is InChI=1S/C22H20BrNO/c1-22(2,3)13-11-16(21(24)17(23)12-13)14-8-6-10-19-20(14)15-7-4-5-9-18(15)25-19/h4-12H,24H2,1-3H3. The van der Waals surface area contributed by atoms with Crippen molar-refractivity contribution in [1.82, 2.24) is 0 Å². The second-order valence-corrected chi connectivity index (χ2v) is 8.30. The van der Waals surface area contributed by atoms with Gasteiger partial charge in [0.25, 0.3) is 0 Å². The summed E-state index contributed by atoms with van der Waals surface area (Å²) in [6.07, 6.45) is 0.